The molecule has 0 fully saturated rings. The van der Waals surface area contributed by atoms with Crippen molar-refractivity contribution in [1.82, 2.24) is 9.97 Å². The lowest BCUT2D eigenvalue weighted by Crippen LogP contribution is -1.69. The van der Waals surface area contributed by atoms with Gasteiger partial charge in [-0.2, -0.15) is 0 Å². The van der Waals surface area contributed by atoms with Gasteiger partial charge in [-0.05, 0) is 25.1 Å². The van der Waals surface area contributed by atoms with Crippen molar-refractivity contribution in [1.29, 1.82) is 0 Å². The van der Waals surface area contributed by atoms with Gasteiger partial charge in [0, 0.05) is 6.21 Å². The average Bonchev–Trinajstić information content (AvgIpc) is 2.68. The molecule has 3 nitrogen and oxygen atoms in total. The number of aromatic amines is 1. The maximum Gasteiger partial charge on any atom is 0.0931 e. The summed E-state index contributed by atoms with van der Waals surface area (Å²) < 4.78 is 0. The van der Waals surface area contributed by atoms with Crippen molar-refractivity contribution in [3.63, 3.8) is 0 Å². The lowest BCUT2D eigenvalue weighted by Gasteiger charge is -1.91. The van der Waals surface area contributed by atoms with E-state index in [2.05, 4.69) is 15.0 Å². The van der Waals surface area contributed by atoms with Crippen LogP contribution >= 0.6 is 0 Å². The van der Waals surface area contributed by atoms with Crippen LogP contribution in [0.3, 0.4) is 0 Å². The first-order valence-corrected chi connectivity index (χ1v) is 4.82. The second-order valence-electron chi connectivity index (χ2n) is 2.49. The molecule has 0 bridgehead atoms. The molecule has 1 aromatic carbocycles. The zero-order valence-electron chi connectivity index (χ0n) is 8.78. The second kappa shape index (κ2) is 5.17. The summed E-state index contributed by atoms with van der Waals surface area (Å²) in [4.78, 5) is 11.3. The van der Waals surface area contributed by atoms with Crippen LogP contribution in [0.2, 0.25) is 0 Å². The highest BCUT2D eigenvalue weighted by molar-refractivity contribution is 5.78. The zero-order valence-corrected chi connectivity index (χ0v) is 8.78. The Hall–Kier alpha value is -1.64. The van der Waals surface area contributed by atoms with Gasteiger partial charge in [-0.3, -0.25) is 4.99 Å². The smallest absolute Gasteiger partial charge is 0.0931 e. The fraction of sp³-hybridized carbons (Fsp3) is 0.273. The maximum atomic E-state index is 4.16. The molecule has 3 heteroatoms. The van der Waals surface area contributed by atoms with Crippen LogP contribution in [0.15, 0.2) is 29.5 Å². The molecular weight excluding hydrogens is 174 g/mol. The standard InChI is InChI=1S/C9H9N3.C2H6/c1-2-10-7-3-4-8-9(5-7)12-6-11-8;1-2/h2-6H,1H3,(H,11,12);1-2H3. The average molecular weight is 189 g/mol. The lowest BCUT2D eigenvalue weighted by atomic mass is 10.3. The molecule has 0 radical (unpaired) electrons. The monoisotopic (exact) mass is 189 g/mol. The normalized spacial score (nSPS) is 10.2. The number of benzene rings is 1. The first-order chi connectivity index (χ1) is 6.90. The maximum absolute atomic E-state index is 4.16. The Morgan fingerprint density at radius 2 is 2.14 bits per heavy atom. The summed E-state index contributed by atoms with van der Waals surface area (Å²) in [6, 6.07) is 5.87. The van der Waals surface area contributed by atoms with E-state index in [4.69, 9.17) is 0 Å². The van der Waals surface area contributed by atoms with Crippen LogP contribution in [0.25, 0.3) is 11.0 Å². The molecule has 0 saturated heterocycles. The van der Waals surface area contributed by atoms with Crippen molar-refractivity contribution >= 4 is 22.9 Å². The largest absolute Gasteiger partial charge is 0.345 e. The van der Waals surface area contributed by atoms with Crippen LogP contribution < -0.4 is 0 Å². The number of hydrogen-bond donors (Lipinski definition) is 1. The van der Waals surface area contributed by atoms with Gasteiger partial charge in [-0.1, -0.05) is 13.8 Å². The van der Waals surface area contributed by atoms with E-state index in [1.54, 1.807) is 12.5 Å². The second-order valence-corrected chi connectivity index (χ2v) is 2.49. The molecule has 14 heavy (non-hydrogen) atoms. The fourth-order valence-corrected chi connectivity index (χ4v) is 1.15. The van der Waals surface area contributed by atoms with E-state index in [0.717, 1.165) is 16.7 Å². The van der Waals surface area contributed by atoms with E-state index in [-0.39, 0.29) is 0 Å². The van der Waals surface area contributed by atoms with E-state index in [0.29, 0.717) is 0 Å². The molecule has 74 valence electrons. The predicted octanol–water partition coefficient (Wildman–Crippen LogP) is 3.31. The zero-order chi connectivity index (χ0) is 10.4. The molecule has 1 aromatic heterocycles. The number of nitrogens with one attached hydrogen (secondary N) is 1. The number of hydrogen-bond acceptors (Lipinski definition) is 2. The van der Waals surface area contributed by atoms with Gasteiger partial charge in [0.2, 0.25) is 0 Å². The number of fused-ring (bicyclic) bond motifs is 1. The third-order valence-corrected chi connectivity index (χ3v) is 1.68. The number of imidazole rings is 1. The minimum atomic E-state index is 0.953. The molecule has 0 aliphatic rings. The minimum Gasteiger partial charge on any atom is -0.345 e. The summed E-state index contributed by atoms with van der Waals surface area (Å²) in [5.74, 6) is 0. The van der Waals surface area contributed by atoms with E-state index in [1.165, 1.54) is 0 Å². The molecule has 0 aliphatic carbocycles. The van der Waals surface area contributed by atoms with Gasteiger partial charge >= 0.3 is 0 Å². The third-order valence-electron chi connectivity index (χ3n) is 1.68. The van der Waals surface area contributed by atoms with Crippen LogP contribution in [-0.2, 0) is 0 Å². The fourth-order valence-electron chi connectivity index (χ4n) is 1.15. The Kier molecular flexibility index (Phi) is 3.85. The van der Waals surface area contributed by atoms with E-state index >= 15 is 0 Å². The summed E-state index contributed by atoms with van der Waals surface area (Å²) in [6.45, 7) is 5.90. The van der Waals surface area contributed by atoms with Crippen molar-refractivity contribution < 1.29 is 0 Å². The van der Waals surface area contributed by atoms with Crippen molar-refractivity contribution in [2.24, 2.45) is 4.99 Å². The summed E-state index contributed by atoms with van der Waals surface area (Å²) in [6.07, 6.45) is 3.46. The molecule has 2 aromatic rings. The van der Waals surface area contributed by atoms with Gasteiger partial charge in [0.05, 0.1) is 23.0 Å². The molecule has 2 rings (SSSR count). The van der Waals surface area contributed by atoms with E-state index in [1.807, 2.05) is 39.0 Å². The first-order valence-electron chi connectivity index (χ1n) is 4.82. The number of aliphatic imine (C=N–C) groups is 1. The van der Waals surface area contributed by atoms with Crippen LogP contribution in [0.4, 0.5) is 5.69 Å². The SMILES string of the molecule is CC.CC=Nc1ccc2nc[nH]c2c1. The van der Waals surface area contributed by atoms with Gasteiger partial charge in [0.25, 0.3) is 0 Å². The third kappa shape index (κ3) is 2.19. The van der Waals surface area contributed by atoms with Crippen molar-refractivity contribution in [3.8, 4) is 0 Å². The summed E-state index contributed by atoms with van der Waals surface area (Å²) in [5.41, 5.74) is 2.96. The van der Waals surface area contributed by atoms with Gasteiger partial charge in [0.15, 0.2) is 0 Å². The van der Waals surface area contributed by atoms with Crippen LogP contribution in [0.1, 0.15) is 20.8 Å². The van der Waals surface area contributed by atoms with Crippen LogP contribution in [0.5, 0.6) is 0 Å². The summed E-state index contributed by atoms with van der Waals surface area (Å²) in [7, 11) is 0. The van der Waals surface area contributed by atoms with E-state index in [9.17, 15) is 0 Å². The minimum absolute atomic E-state index is 0.953. The van der Waals surface area contributed by atoms with Crippen molar-refractivity contribution in [2.45, 2.75) is 20.8 Å². The Balaban J connectivity index is 0.000000461. The summed E-state index contributed by atoms with van der Waals surface area (Å²) in [5, 5.41) is 0. The predicted molar refractivity (Wildman–Crippen MR) is 61.3 cm³/mol. The molecule has 1 heterocycles. The van der Waals surface area contributed by atoms with Crippen LogP contribution in [-0.4, -0.2) is 16.2 Å². The highest BCUT2D eigenvalue weighted by Gasteiger charge is 1.94. The quantitative estimate of drug-likeness (QED) is 0.687. The molecule has 0 unspecified atom stereocenters. The highest BCUT2D eigenvalue weighted by Crippen LogP contribution is 2.17. The van der Waals surface area contributed by atoms with Gasteiger partial charge < -0.3 is 4.98 Å². The summed E-state index contributed by atoms with van der Waals surface area (Å²) >= 11 is 0. The molecule has 0 atom stereocenters. The van der Waals surface area contributed by atoms with Crippen molar-refractivity contribution in [3.05, 3.63) is 24.5 Å². The van der Waals surface area contributed by atoms with Gasteiger partial charge in [-0.15, -0.1) is 0 Å². The Labute approximate surface area is 83.9 Å². The molecular formula is C11H15N3. The number of H-pyrrole nitrogens is 1. The number of aromatic nitrogens is 2. The highest BCUT2D eigenvalue weighted by atomic mass is 14.9. The van der Waals surface area contributed by atoms with Gasteiger partial charge in [-0.25, -0.2) is 4.98 Å². The Morgan fingerprint density at radius 1 is 1.36 bits per heavy atom. The molecule has 0 spiro atoms. The van der Waals surface area contributed by atoms with Gasteiger partial charge in [0.1, 0.15) is 0 Å². The molecule has 0 saturated carbocycles. The molecule has 0 amide bonds. The Morgan fingerprint density at radius 3 is 2.86 bits per heavy atom. The lowest BCUT2D eigenvalue weighted by molar-refractivity contribution is 1.34. The Bertz CT molecular complexity index is 415. The van der Waals surface area contributed by atoms with E-state index < -0.39 is 0 Å². The molecule has 1 N–H and O–H groups in total. The topological polar surface area (TPSA) is 41.0 Å². The molecule has 0 aliphatic heterocycles. The van der Waals surface area contributed by atoms with Crippen LogP contribution in [0, 0.1) is 0 Å². The first kappa shape index (κ1) is 10.4. The number of rotatable bonds is 1. The van der Waals surface area contributed by atoms with Crippen molar-refractivity contribution in [2.75, 3.05) is 0 Å². The number of nitrogens with zero attached hydrogens (tertiary/aromatic N) is 2.